The number of carbonyl (C=O) groups is 2. The summed E-state index contributed by atoms with van der Waals surface area (Å²) in [7, 11) is 3.00. The average Bonchev–Trinajstić information content (AvgIpc) is 2.93. The number of halogens is 1. The van der Waals surface area contributed by atoms with E-state index in [-0.39, 0.29) is 23.4 Å². The van der Waals surface area contributed by atoms with Crippen LogP contribution in [-0.4, -0.2) is 53.1 Å². The van der Waals surface area contributed by atoms with E-state index in [1.807, 2.05) is 0 Å². The second-order valence-corrected chi connectivity index (χ2v) is 6.46. The fourth-order valence-corrected chi connectivity index (χ4v) is 2.85. The summed E-state index contributed by atoms with van der Waals surface area (Å²) in [6.45, 7) is 0.391. The van der Waals surface area contributed by atoms with Crippen molar-refractivity contribution in [3.63, 3.8) is 0 Å². The second kappa shape index (κ2) is 7.29. The number of amides is 2. The van der Waals surface area contributed by atoms with Crippen molar-refractivity contribution in [2.45, 2.75) is 12.0 Å². The van der Waals surface area contributed by atoms with Gasteiger partial charge >= 0.3 is 0 Å². The Morgan fingerprint density at radius 2 is 2.11 bits per heavy atom. The SMILES string of the molecule is COc1cc(C(N)=O)nc(-c2cc(F)cc(C#CC3(O)CCN(C)C3=O)c2)c1. The molecule has 2 aromatic rings. The lowest BCUT2D eigenvalue weighted by Crippen LogP contribution is -2.37. The Balaban J connectivity index is 2.02. The van der Waals surface area contributed by atoms with E-state index in [4.69, 9.17) is 10.5 Å². The maximum Gasteiger partial charge on any atom is 0.267 e. The summed E-state index contributed by atoms with van der Waals surface area (Å²) in [6.07, 6.45) is 0.177. The molecular weight excluding hydrogens is 365 g/mol. The largest absolute Gasteiger partial charge is 0.497 e. The minimum Gasteiger partial charge on any atom is -0.497 e. The third-order valence-corrected chi connectivity index (χ3v) is 4.40. The van der Waals surface area contributed by atoms with Gasteiger partial charge in [-0.2, -0.15) is 0 Å². The van der Waals surface area contributed by atoms with Gasteiger partial charge in [0, 0.05) is 43.3 Å². The molecule has 1 saturated heterocycles. The molecule has 2 amide bonds. The summed E-state index contributed by atoms with van der Waals surface area (Å²) >= 11 is 0. The number of benzene rings is 1. The lowest BCUT2D eigenvalue weighted by molar-refractivity contribution is -0.137. The third kappa shape index (κ3) is 3.80. The molecule has 7 nitrogen and oxygen atoms in total. The highest BCUT2D eigenvalue weighted by Crippen LogP contribution is 2.25. The van der Waals surface area contributed by atoms with Crippen molar-refractivity contribution in [3.05, 3.63) is 47.4 Å². The van der Waals surface area contributed by atoms with Crippen LogP contribution in [0.1, 0.15) is 22.5 Å². The highest BCUT2D eigenvalue weighted by molar-refractivity contribution is 5.92. The second-order valence-electron chi connectivity index (χ2n) is 6.46. The van der Waals surface area contributed by atoms with E-state index in [0.29, 0.717) is 17.9 Å². The van der Waals surface area contributed by atoms with Crippen LogP contribution in [0.15, 0.2) is 30.3 Å². The van der Waals surface area contributed by atoms with Gasteiger partial charge in [0.25, 0.3) is 11.8 Å². The Hall–Kier alpha value is -3.44. The van der Waals surface area contributed by atoms with E-state index in [1.54, 1.807) is 7.05 Å². The number of primary amides is 1. The van der Waals surface area contributed by atoms with Crippen LogP contribution in [-0.2, 0) is 4.79 Å². The van der Waals surface area contributed by atoms with E-state index in [2.05, 4.69) is 16.8 Å². The zero-order valence-electron chi connectivity index (χ0n) is 15.3. The van der Waals surface area contributed by atoms with Gasteiger partial charge in [-0.3, -0.25) is 9.59 Å². The first kappa shape index (κ1) is 19.3. The lowest BCUT2D eigenvalue weighted by atomic mass is 10.0. The number of carbonyl (C=O) groups excluding carboxylic acids is 2. The van der Waals surface area contributed by atoms with Gasteiger partial charge in [-0.1, -0.05) is 11.8 Å². The van der Waals surface area contributed by atoms with Gasteiger partial charge in [-0.25, -0.2) is 9.37 Å². The maximum absolute atomic E-state index is 14.1. The molecule has 0 bridgehead atoms. The van der Waals surface area contributed by atoms with Crippen molar-refractivity contribution in [2.75, 3.05) is 20.7 Å². The number of likely N-dealkylation sites (N-methyl/N-ethyl adjacent to an activating group) is 1. The van der Waals surface area contributed by atoms with Crippen LogP contribution in [0.5, 0.6) is 5.75 Å². The molecule has 0 aliphatic carbocycles. The highest BCUT2D eigenvalue weighted by Gasteiger charge is 2.42. The van der Waals surface area contributed by atoms with Gasteiger partial charge < -0.3 is 20.5 Å². The maximum atomic E-state index is 14.1. The summed E-state index contributed by atoms with van der Waals surface area (Å²) < 4.78 is 19.3. The van der Waals surface area contributed by atoms with Gasteiger partial charge in [0.2, 0.25) is 5.60 Å². The molecular formula is C20H18FN3O4. The van der Waals surface area contributed by atoms with Gasteiger partial charge in [0.05, 0.1) is 12.8 Å². The number of nitrogens with two attached hydrogens (primary N) is 1. The Kier molecular flexibility index (Phi) is 5.03. The third-order valence-electron chi connectivity index (χ3n) is 4.40. The number of hydrogen-bond acceptors (Lipinski definition) is 5. The smallest absolute Gasteiger partial charge is 0.267 e. The Bertz CT molecular complexity index is 1030. The summed E-state index contributed by atoms with van der Waals surface area (Å²) in [5.74, 6) is 3.71. The number of aromatic nitrogens is 1. The lowest BCUT2D eigenvalue weighted by Gasteiger charge is -2.13. The van der Waals surface area contributed by atoms with Crippen LogP contribution in [0.4, 0.5) is 4.39 Å². The van der Waals surface area contributed by atoms with Crippen molar-refractivity contribution >= 4 is 11.8 Å². The zero-order valence-corrected chi connectivity index (χ0v) is 15.3. The van der Waals surface area contributed by atoms with Crippen molar-refractivity contribution in [1.29, 1.82) is 0 Å². The first-order valence-electron chi connectivity index (χ1n) is 8.40. The van der Waals surface area contributed by atoms with Crippen LogP contribution in [0.2, 0.25) is 0 Å². The van der Waals surface area contributed by atoms with E-state index >= 15 is 0 Å². The summed E-state index contributed by atoms with van der Waals surface area (Å²) in [5, 5.41) is 10.4. The molecule has 8 heteroatoms. The number of hydrogen-bond donors (Lipinski definition) is 2. The zero-order chi connectivity index (χ0) is 20.5. The predicted octanol–water partition coefficient (Wildman–Crippen LogP) is 0.940. The monoisotopic (exact) mass is 383 g/mol. The number of ether oxygens (including phenoxy) is 1. The Morgan fingerprint density at radius 1 is 1.36 bits per heavy atom. The summed E-state index contributed by atoms with van der Waals surface area (Å²) in [6, 6.07) is 6.85. The number of rotatable bonds is 3. The van der Waals surface area contributed by atoms with Crippen LogP contribution in [0.3, 0.4) is 0 Å². The molecule has 0 spiro atoms. The number of likely N-dealkylation sites (tertiary alicyclic amines) is 1. The first-order valence-corrected chi connectivity index (χ1v) is 8.40. The molecule has 3 rings (SSSR count). The molecule has 1 aromatic heterocycles. The molecule has 1 aromatic carbocycles. The molecule has 0 saturated carbocycles. The molecule has 1 aliphatic heterocycles. The van der Waals surface area contributed by atoms with Crippen molar-refractivity contribution < 1.29 is 23.8 Å². The van der Waals surface area contributed by atoms with Gasteiger partial charge in [0.15, 0.2) is 0 Å². The fourth-order valence-electron chi connectivity index (χ4n) is 2.85. The van der Waals surface area contributed by atoms with E-state index in [1.165, 1.54) is 42.3 Å². The summed E-state index contributed by atoms with van der Waals surface area (Å²) in [5.41, 5.74) is 4.33. The normalized spacial score (nSPS) is 18.6. The minimum atomic E-state index is -1.78. The van der Waals surface area contributed by atoms with E-state index < -0.39 is 23.2 Å². The van der Waals surface area contributed by atoms with Crippen LogP contribution in [0.25, 0.3) is 11.3 Å². The van der Waals surface area contributed by atoms with Crippen LogP contribution < -0.4 is 10.5 Å². The number of nitrogens with zero attached hydrogens (tertiary/aromatic N) is 2. The van der Waals surface area contributed by atoms with Crippen molar-refractivity contribution in [2.24, 2.45) is 5.73 Å². The average molecular weight is 383 g/mol. The molecule has 1 atom stereocenters. The highest BCUT2D eigenvalue weighted by atomic mass is 19.1. The quantitative estimate of drug-likeness (QED) is 0.768. The van der Waals surface area contributed by atoms with Gasteiger partial charge in [-0.05, 0) is 18.2 Å². The minimum absolute atomic E-state index is 0.0276. The van der Waals surface area contributed by atoms with Crippen LogP contribution in [0, 0.1) is 17.7 Å². The number of pyridine rings is 1. The fraction of sp³-hybridized carbons (Fsp3) is 0.250. The molecule has 1 aliphatic rings. The van der Waals surface area contributed by atoms with Gasteiger partial charge in [0.1, 0.15) is 17.3 Å². The predicted molar refractivity (Wildman–Crippen MR) is 98.8 cm³/mol. The van der Waals surface area contributed by atoms with Crippen molar-refractivity contribution in [1.82, 2.24) is 9.88 Å². The molecule has 1 fully saturated rings. The number of aliphatic hydroxyl groups is 1. The van der Waals surface area contributed by atoms with Gasteiger partial charge in [-0.15, -0.1) is 0 Å². The first-order chi connectivity index (χ1) is 13.2. The van der Waals surface area contributed by atoms with Crippen molar-refractivity contribution in [3.8, 4) is 28.8 Å². The molecule has 0 radical (unpaired) electrons. The van der Waals surface area contributed by atoms with E-state index in [9.17, 15) is 19.1 Å². The standard InChI is InChI=1S/C20H18FN3O4/c1-24-6-5-20(27,19(24)26)4-3-12-7-13(9-14(21)8-12)16-10-15(28-2)11-17(23-16)18(22)25/h7-11,27H,5-6H2,1-2H3,(H2,22,25). The number of methoxy groups -OCH3 is 1. The topological polar surface area (TPSA) is 106 Å². The molecule has 3 N–H and O–H groups in total. The van der Waals surface area contributed by atoms with Crippen LogP contribution >= 0.6 is 0 Å². The molecule has 1 unspecified atom stereocenters. The summed E-state index contributed by atoms with van der Waals surface area (Å²) in [4.78, 5) is 29.0. The molecule has 2 heterocycles. The Morgan fingerprint density at radius 3 is 2.71 bits per heavy atom. The van der Waals surface area contributed by atoms with E-state index in [0.717, 1.165) is 0 Å². The Labute approximate surface area is 160 Å². The molecule has 144 valence electrons. The molecule has 28 heavy (non-hydrogen) atoms.